The van der Waals surface area contributed by atoms with Crippen LogP contribution in [0.5, 0.6) is 0 Å². The molecule has 1 aromatic heterocycles. The molecule has 0 saturated heterocycles. The van der Waals surface area contributed by atoms with E-state index in [4.69, 9.17) is 11.6 Å². The summed E-state index contributed by atoms with van der Waals surface area (Å²) in [6.45, 7) is 4.74. The van der Waals surface area contributed by atoms with Crippen LogP contribution in [0.3, 0.4) is 0 Å². The molecule has 2 amide bonds. The van der Waals surface area contributed by atoms with Crippen LogP contribution in [0.2, 0.25) is 5.02 Å². The van der Waals surface area contributed by atoms with Gasteiger partial charge in [0.25, 0.3) is 0 Å². The summed E-state index contributed by atoms with van der Waals surface area (Å²) in [5, 5.41) is 2.88. The highest BCUT2D eigenvalue weighted by Gasteiger charge is 2.33. The molecule has 0 unspecified atom stereocenters. The second-order valence-electron chi connectivity index (χ2n) is 8.84. The zero-order valence-electron chi connectivity index (χ0n) is 19.0. The van der Waals surface area contributed by atoms with E-state index >= 15 is 0 Å². The summed E-state index contributed by atoms with van der Waals surface area (Å²) in [4.78, 5) is 15.5. The number of fused-ring (bicyclic) bond motifs is 3. The van der Waals surface area contributed by atoms with Gasteiger partial charge in [-0.15, -0.1) is 0 Å². The van der Waals surface area contributed by atoms with Crippen LogP contribution in [0.4, 0.5) is 14.9 Å². The van der Waals surface area contributed by atoms with Gasteiger partial charge >= 0.3 is 6.03 Å². The number of hydrogen-bond acceptors (Lipinski definition) is 1. The zero-order valence-corrected chi connectivity index (χ0v) is 19.8. The normalized spacial score (nSPS) is 15.0. The molecule has 172 valence electrons. The lowest BCUT2D eigenvalue weighted by Crippen LogP contribution is -2.37. The third-order valence-electron chi connectivity index (χ3n) is 6.31. The van der Waals surface area contributed by atoms with E-state index in [0.717, 1.165) is 22.5 Å². The summed E-state index contributed by atoms with van der Waals surface area (Å²) in [5.41, 5.74) is 5.78. The first-order valence-electron chi connectivity index (χ1n) is 11.3. The number of anilines is 1. The first kappa shape index (κ1) is 22.2. The van der Waals surface area contributed by atoms with Gasteiger partial charge in [-0.3, -0.25) is 0 Å². The number of nitrogens with one attached hydrogen (secondary N) is 1. The number of carbonyl (C=O) groups excluding carboxylic acids is 1. The molecule has 1 N–H and O–H groups in total. The molecule has 4 aromatic rings. The lowest BCUT2D eigenvalue weighted by atomic mass is 9.97. The highest BCUT2D eigenvalue weighted by molar-refractivity contribution is 6.31. The Morgan fingerprint density at radius 1 is 1.03 bits per heavy atom. The monoisotopic (exact) mass is 473 g/mol. The van der Waals surface area contributed by atoms with E-state index in [-0.39, 0.29) is 17.1 Å². The van der Waals surface area contributed by atoms with Crippen molar-refractivity contribution in [2.24, 2.45) is 0 Å². The smallest absolute Gasteiger partial charge is 0.318 e. The number of urea groups is 1. The molecule has 2 heterocycles. The van der Waals surface area contributed by atoms with Gasteiger partial charge in [-0.2, -0.15) is 0 Å². The number of rotatable bonds is 3. The van der Waals surface area contributed by atoms with Gasteiger partial charge in [0.15, 0.2) is 0 Å². The molecule has 0 spiro atoms. The minimum atomic E-state index is -0.524. The van der Waals surface area contributed by atoms with Crippen LogP contribution >= 0.6 is 11.6 Å². The van der Waals surface area contributed by atoms with Crippen LogP contribution in [-0.4, -0.2) is 15.5 Å². The van der Waals surface area contributed by atoms with Gasteiger partial charge in [-0.05, 0) is 59.0 Å². The summed E-state index contributed by atoms with van der Waals surface area (Å²) >= 11 is 5.95. The van der Waals surface area contributed by atoms with Crippen molar-refractivity contribution in [3.05, 3.63) is 118 Å². The molecule has 6 heteroatoms. The zero-order chi connectivity index (χ0) is 23.8. The first-order valence-corrected chi connectivity index (χ1v) is 11.7. The van der Waals surface area contributed by atoms with Crippen molar-refractivity contribution in [1.29, 1.82) is 0 Å². The fraction of sp³-hybridized carbons (Fsp3) is 0.179. The van der Waals surface area contributed by atoms with E-state index in [0.29, 0.717) is 18.2 Å². The fourth-order valence-corrected chi connectivity index (χ4v) is 4.70. The molecule has 0 aliphatic carbocycles. The van der Waals surface area contributed by atoms with Crippen molar-refractivity contribution in [3.63, 3.8) is 0 Å². The van der Waals surface area contributed by atoms with Gasteiger partial charge in [-0.25, -0.2) is 9.18 Å². The number of aromatic nitrogens is 1. The van der Waals surface area contributed by atoms with Gasteiger partial charge in [-0.1, -0.05) is 67.9 Å². The second kappa shape index (κ2) is 8.99. The molecule has 1 aliphatic heterocycles. The number of halogens is 2. The molecule has 5 rings (SSSR count). The molecule has 0 fully saturated rings. The Balaban J connectivity index is 1.60. The van der Waals surface area contributed by atoms with Gasteiger partial charge in [0, 0.05) is 17.6 Å². The molecule has 0 saturated carbocycles. The molecular weight excluding hydrogens is 449 g/mol. The van der Waals surface area contributed by atoms with E-state index in [1.54, 1.807) is 0 Å². The Kier molecular flexibility index (Phi) is 5.88. The largest absolute Gasteiger partial charge is 0.322 e. The average molecular weight is 474 g/mol. The Morgan fingerprint density at radius 3 is 2.53 bits per heavy atom. The maximum absolute atomic E-state index is 13.7. The van der Waals surface area contributed by atoms with Crippen LogP contribution in [0, 0.1) is 5.82 Å². The molecule has 3 aromatic carbocycles. The number of amides is 2. The van der Waals surface area contributed by atoms with Crippen molar-refractivity contribution in [1.82, 2.24) is 9.47 Å². The third-order valence-corrected chi connectivity index (χ3v) is 6.60. The second-order valence-corrected chi connectivity index (χ2v) is 9.25. The number of hydrogen-bond donors (Lipinski definition) is 1. The fourth-order valence-electron chi connectivity index (χ4n) is 4.52. The molecule has 0 bridgehead atoms. The van der Waals surface area contributed by atoms with Crippen LogP contribution in [-0.2, 0) is 6.54 Å². The molecule has 1 atom stereocenters. The van der Waals surface area contributed by atoms with Crippen molar-refractivity contribution < 1.29 is 9.18 Å². The average Bonchev–Trinajstić information content (AvgIpc) is 3.26. The number of carbonyl (C=O) groups is 1. The van der Waals surface area contributed by atoms with Crippen LogP contribution in [0.25, 0.3) is 5.69 Å². The minimum Gasteiger partial charge on any atom is -0.318 e. The van der Waals surface area contributed by atoms with Crippen molar-refractivity contribution in [3.8, 4) is 5.69 Å². The number of benzene rings is 3. The molecule has 0 radical (unpaired) electrons. The van der Waals surface area contributed by atoms with Crippen LogP contribution in [0.15, 0.2) is 85.1 Å². The predicted octanol–water partition coefficient (Wildman–Crippen LogP) is 7.53. The van der Waals surface area contributed by atoms with Crippen molar-refractivity contribution in [2.45, 2.75) is 32.4 Å². The topological polar surface area (TPSA) is 37.3 Å². The highest BCUT2D eigenvalue weighted by atomic mass is 35.5. The van der Waals surface area contributed by atoms with Gasteiger partial charge in [0.2, 0.25) is 0 Å². The molecular formula is C28H25ClFN3O. The minimum absolute atomic E-state index is 0.0336. The van der Waals surface area contributed by atoms with E-state index in [1.807, 2.05) is 35.4 Å². The van der Waals surface area contributed by atoms with E-state index in [9.17, 15) is 9.18 Å². The summed E-state index contributed by atoms with van der Waals surface area (Å²) in [5.74, 6) is -0.108. The third kappa shape index (κ3) is 4.08. The maximum atomic E-state index is 13.7. The summed E-state index contributed by atoms with van der Waals surface area (Å²) in [7, 11) is 0. The van der Waals surface area contributed by atoms with Crippen molar-refractivity contribution >= 4 is 23.3 Å². The lowest BCUT2D eigenvalue weighted by Gasteiger charge is -2.31. The van der Waals surface area contributed by atoms with Crippen LogP contribution in [0.1, 0.15) is 48.2 Å². The Bertz CT molecular complexity index is 1350. The number of para-hydroxylation sites is 1. The van der Waals surface area contributed by atoms with Gasteiger partial charge < -0.3 is 14.8 Å². The van der Waals surface area contributed by atoms with Crippen LogP contribution < -0.4 is 5.32 Å². The van der Waals surface area contributed by atoms with E-state index in [1.165, 1.54) is 23.8 Å². The first-order chi connectivity index (χ1) is 16.4. The van der Waals surface area contributed by atoms with E-state index in [2.05, 4.69) is 60.1 Å². The van der Waals surface area contributed by atoms with E-state index < -0.39 is 5.82 Å². The van der Waals surface area contributed by atoms with Crippen molar-refractivity contribution in [2.75, 3.05) is 5.32 Å². The lowest BCUT2D eigenvalue weighted by molar-refractivity contribution is 0.194. The van der Waals surface area contributed by atoms with Gasteiger partial charge in [0.05, 0.1) is 23.3 Å². The Hall–Kier alpha value is -3.57. The van der Waals surface area contributed by atoms with Gasteiger partial charge in [0.1, 0.15) is 5.82 Å². The number of nitrogens with zero attached hydrogens (tertiary/aromatic N) is 2. The molecule has 4 nitrogen and oxygen atoms in total. The predicted molar refractivity (Wildman–Crippen MR) is 134 cm³/mol. The Labute approximate surface area is 203 Å². The highest BCUT2D eigenvalue weighted by Crippen LogP contribution is 2.37. The SMILES string of the molecule is CC(C)c1ccc([C@@H]2c3cccn3-c3ccccc3CN2C(=O)Nc2ccc(F)c(Cl)c2)cc1. The Morgan fingerprint density at radius 2 is 1.79 bits per heavy atom. The summed E-state index contributed by atoms with van der Waals surface area (Å²) < 4.78 is 15.8. The summed E-state index contributed by atoms with van der Waals surface area (Å²) in [6.07, 6.45) is 2.03. The quantitative estimate of drug-likeness (QED) is 0.328. The maximum Gasteiger partial charge on any atom is 0.322 e. The summed E-state index contributed by atoms with van der Waals surface area (Å²) in [6, 6.07) is 24.2. The molecule has 1 aliphatic rings. The molecule has 34 heavy (non-hydrogen) atoms. The standard InChI is InChI=1S/C28H25ClFN3O/c1-18(2)19-9-11-20(12-10-19)27-26-8-5-15-32(26)25-7-4-3-6-21(25)17-33(27)28(34)31-22-13-14-24(30)23(29)16-22/h3-16,18,27H,17H2,1-2H3,(H,31,34)/t27-/m1/s1.